The molecule has 0 aliphatic carbocycles. The lowest BCUT2D eigenvalue weighted by Crippen LogP contribution is -2.48. The summed E-state index contributed by atoms with van der Waals surface area (Å²) < 4.78 is 5.60. The smallest absolute Gasteiger partial charge is 0.292 e. The highest BCUT2D eigenvalue weighted by molar-refractivity contribution is 5.94. The monoisotopic (exact) mass is 488 g/mol. The van der Waals surface area contributed by atoms with Gasteiger partial charge in [-0.3, -0.25) is 14.9 Å². The Kier molecular flexibility index (Phi) is 8.39. The molecule has 1 aliphatic rings. The number of ether oxygens (including phenoxy) is 1. The number of nitrogens with one attached hydrogen (secondary N) is 1. The number of amides is 1. The molecule has 4 rings (SSSR count). The first kappa shape index (κ1) is 25.0. The third-order valence-electron chi connectivity index (χ3n) is 6.25. The van der Waals surface area contributed by atoms with E-state index in [1.54, 1.807) is 12.1 Å². The molecule has 1 amide bonds. The summed E-state index contributed by atoms with van der Waals surface area (Å²) in [6.07, 6.45) is 1.71. The molecule has 0 atom stereocenters. The van der Waals surface area contributed by atoms with Crippen LogP contribution in [0.25, 0.3) is 0 Å². The van der Waals surface area contributed by atoms with Crippen molar-refractivity contribution in [3.63, 3.8) is 0 Å². The minimum Gasteiger partial charge on any atom is -0.494 e. The zero-order valence-corrected chi connectivity index (χ0v) is 20.6. The van der Waals surface area contributed by atoms with Gasteiger partial charge in [-0.05, 0) is 54.8 Å². The average Bonchev–Trinajstić information content (AvgIpc) is 2.92. The number of benzene rings is 3. The van der Waals surface area contributed by atoms with Gasteiger partial charge in [-0.15, -0.1) is 0 Å². The highest BCUT2D eigenvalue weighted by Gasteiger charge is 2.24. The number of carbonyl (C=O) groups is 1. The molecule has 1 saturated heterocycles. The summed E-state index contributed by atoms with van der Waals surface area (Å²) in [5.41, 5.74) is 3.30. The van der Waals surface area contributed by atoms with Crippen LogP contribution < -0.4 is 15.0 Å². The zero-order chi connectivity index (χ0) is 25.3. The van der Waals surface area contributed by atoms with Crippen LogP contribution in [0.15, 0.2) is 72.8 Å². The Labute approximate surface area is 211 Å². The van der Waals surface area contributed by atoms with Crippen molar-refractivity contribution in [2.75, 3.05) is 49.5 Å². The Hall–Kier alpha value is -4.07. The molecule has 8 heteroatoms. The first-order valence-corrected chi connectivity index (χ1v) is 12.4. The molecule has 0 saturated carbocycles. The van der Waals surface area contributed by atoms with Crippen LogP contribution >= 0.6 is 0 Å². The second-order valence-electron chi connectivity index (χ2n) is 8.77. The van der Waals surface area contributed by atoms with E-state index in [1.165, 1.54) is 5.56 Å². The van der Waals surface area contributed by atoms with Crippen molar-refractivity contribution >= 4 is 23.0 Å². The van der Waals surface area contributed by atoms with E-state index < -0.39 is 0 Å². The molecule has 0 spiro atoms. The molecule has 0 unspecified atom stereocenters. The van der Waals surface area contributed by atoms with E-state index in [1.807, 2.05) is 65.6 Å². The molecule has 1 N–H and O–H groups in total. The fraction of sp³-hybridized carbons (Fsp3) is 0.321. The molecule has 3 aromatic rings. The number of nitrogens with zero attached hydrogens (tertiary/aromatic N) is 3. The molecular weight excluding hydrogens is 456 g/mol. The Balaban J connectivity index is 1.36. The minimum absolute atomic E-state index is 0.00339. The lowest BCUT2D eigenvalue weighted by atomic mass is 10.1. The number of rotatable bonds is 10. The number of carbonyl (C=O) groups excluding carboxylic acids is 1. The third kappa shape index (κ3) is 6.33. The maximum atomic E-state index is 13.0. The van der Waals surface area contributed by atoms with E-state index in [9.17, 15) is 14.9 Å². The van der Waals surface area contributed by atoms with Gasteiger partial charge in [-0.25, -0.2) is 0 Å². The quantitative estimate of drug-likeness (QED) is 0.319. The van der Waals surface area contributed by atoms with Crippen molar-refractivity contribution < 1.29 is 14.5 Å². The molecule has 3 aromatic carbocycles. The van der Waals surface area contributed by atoms with Crippen LogP contribution in [0.3, 0.4) is 0 Å². The van der Waals surface area contributed by atoms with E-state index in [-0.39, 0.29) is 16.5 Å². The van der Waals surface area contributed by atoms with Crippen LogP contribution in [0.5, 0.6) is 5.75 Å². The number of anilines is 2. The largest absolute Gasteiger partial charge is 0.494 e. The highest BCUT2D eigenvalue weighted by Crippen LogP contribution is 2.30. The average molecular weight is 489 g/mol. The summed E-state index contributed by atoms with van der Waals surface area (Å²) in [6, 6.07) is 22.5. The maximum absolute atomic E-state index is 13.0. The van der Waals surface area contributed by atoms with Gasteiger partial charge in [-0.1, -0.05) is 37.3 Å². The van der Waals surface area contributed by atoms with E-state index in [4.69, 9.17) is 4.74 Å². The summed E-state index contributed by atoms with van der Waals surface area (Å²) in [5, 5.41) is 14.8. The van der Waals surface area contributed by atoms with Crippen LogP contribution in [0.2, 0.25) is 0 Å². The number of hydrogen-bond acceptors (Lipinski definition) is 6. The third-order valence-corrected chi connectivity index (χ3v) is 6.25. The lowest BCUT2D eigenvalue weighted by molar-refractivity contribution is -0.383. The van der Waals surface area contributed by atoms with Crippen LogP contribution in [0.1, 0.15) is 29.3 Å². The minimum atomic E-state index is -0.357. The van der Waals surface area contributed by atoms with E-state index in [2.05, 4.69) is 17.1 Å². The van der Waals surface area contributed by atoms with Gasteiger partial charge in [-0.2, -0.15) is 0 Å². The first-order valence-electron chi connectivity index (χ1n) is 12.4. The standard InChI is InChI=1S/C28H32N4O4/c1-2-20-36-25-11-8-23(9-12-25)28(33)31-18-16-30(17-19-31)24-10-13-27(32(34)35)26(21-24)29-15-14-22-6-4-3-5-7-22/h3-13,21,29H,2,14-20H2,1H3. The molecule has 0 aromatic heterocycles. The number of hydrogen-bond donors (Lipinski definition) is 1. The highest BCUT2D eigenvalue weighted by atomic mass is 16.6. The van der Waals surface area contributed by atoms with E-state index >= 15 is 0 Å². The number of nitro benzene ring substituents is 1. The molecule has 1 fully saturated rings. The summed E-state index contributed by atoms with van der Waals surface area (Å²) >= 11 is 0. The van der Waals surface area contributed by atoms with Crippen LogP contribution in [-0.2, 0) is 6.42 Å². The molecule has 36 heavy (non-hydrogen) atoms. The van der Waals surface area contributed by atoms with Crippen LogP contribution in [-0.4, -0.2) is 55.1 Å². The van der Waals surface area contributed by atoms with Gasteiger partial charge >= 0.3 is 0 Å². The fourth-order valence-corrected chi connectivity index (χ4v) is 4.27. The van der Waals surface area contributed by atoms with Gasteiger partial charge in [0.05, 0.1) is 11.5 Å². The van der Waals surface area contributed by atoms with Gasteiger partial charge in [0.25, 0.3) is 11.6 Å². The van der Waals surface area contributed by atoms with Crippen molar-refractivity contribution in [2.24, 2.45) is 0 Å². The lowest BCUT2D eigenvalue weighted by Gasteiger charge is -2.36. The van der Waals surface area contributed by atoms with Crippen molar-refractivity contribution in [1.82, 2.24) is 4.90 Å². The van der Waals surface area contributed by atoms with Gasteiger partial charge in [0.2, 0.25) is 0 Å². The Bertz CT molecular complexity index is 1160. The summed E-state index contributed by atoms with van der Waals surface area (Å²) in [5.74, 6) is 0.772. The predicted octanol–water partition coefficient (Wildman–Crippen LogP) is 5.00. The topological polar surface area (TPSA) is 88.0 Å². The number of nitro groups is 1. The van der Waals surface area contributed by atoms with Gasteiger partial charge < -0.3 is 19.9 Å². The molecule has 1 aliphatic heterocycles. The molecule has 0 radical (unpaired) electrons. The molecule has 0 bridgehead atoms. The van der Waals surface area contributed by atoms with Crippen molar-refractivity contribution in [1.29, 1.82) is 0 Å². The van der Waals surface area contributed by atoms with Gasteiger partial charge in [0.15, 0.2) is 0 Å². The molecule has 1 heterocycles. The van der Waals surface area contributed by atoms with Gasteiger partial charge in [0.1, 0.15) is 11.4 Å². The van der Waals surface area contributed by atoms with Crippen molar-refractivity contribution in [3.05, 3.63) is 94.0 Å². The second kappa shape index (κ2) is 12.1. The Morgan fingerprint density at radius 3 is 2.39 bits per heavy atom. The predicted molar refractivity (Wildman–Crippen MR) is 142 cm³/mol. The molecule has 188 valence electrons. The van der Waals surface area contributed by atoms with Crippen molar-refractivity contribution in [3.8, 4) is 5.75 Å². The Morgan fingerprint density at radius 2 is 1.72 bits per heavy atom. The number of piperazine rings is 1. The fourth-order valence-electron chi connectivity index (χ4n) is 4.27. The summed E-state index contributed by atoms with van der Waals surface area (Å²) in [7, 11) is 0. The van der Waals surface area contributed by atoms with Crippen molar-refractivity contribution in [2.45, 2.75) is 19.8 Å². The van der Waals surface area contributed by atoms with E-state index in [0.717, 1.165) is 24.3 Å². The second-order valence-corrected chi connectivity index (χ2v) is 8.77. The maximum Gasteiger partial charge on any atom is 0.292 e. The normalized spacial score (nSPS) is 13.4. The Morgan fingerprint density at radius 1 is 1.00 bits per heavy atom. The zero-order valence-electron chi connectivity index (χ0n) is 20.6. The first-order chi connectivity index (χ1) is 17.5. The SMILES string of the molecule is CCCOc1ccc(C(=O)N2CCN(c3ccc([N+](=O)[O-])c(NCCc4ccccc4)c3)CC2)cc1. The van der Waals surface area contributed by atoms with Crippen LogP contribution in [0.4, 0.5) is 17.1 Å². The van der Waals surface area contributed by atoms with Crippen LogP contribution in [0, 0.1) is 10.1 Å². The van der Waals surface area contributed by atoms with Gasteiger partial charge in [0, 0.05) is 50.0 Å². The molecular formula is C28H32N4O4. The summed E-state index contributed by atoms with van der Waals surface area (Å²) in [6.45, 7) is 5.79. The van der Waals surface area contributed by atoms with E-state index in [0.29, 0.717) is 50.6 Å². The summed E-state index contributed by atoms with van der Waals surface area (Å²) in [4.78, 5) is 28.2. The molecule has 8 nitrogen and oxygen atoms in total.